The van der Waals surface area contributed by atoms with Crippen LogP contribution in [0.15, 0.2) is 55.0 Å². The number of rotatable bonds is 7. The summed E-state index contributed by atoms with van der Waals surface area (Å²) in [6.45, 7) is 6.00. The zero-order valence-electron chi connectivity index (χ0n) is 20.4. The quantitative estimate of drug-likeness (QED) is 0.526. The third kappa shape index (κ3) is 5.89. The van der Waals surface area contributed by atoms with Crippen molar-refractivity contribution in [2.24, 2.45) is 0 Å². The molecule has 0 radical (unpaired) electrons. The van der Waals surface area contributed by atoms with E-state index in [-0.39, 0.29) is 12.3 Å². The number of carbonyl (C=O) groups excluding carboxylic acids is 1. The van der Waals surface area contributed by atoms with Crippen LogP contribution in [-0.2, 0) is 11.2 Å². The molecule has 0 aliphatic carbocycles. The molecule has 0 atom stereocenters. The summed E-state index contributed by atoms with van der Waals surface area (Å²) in [4.78, 5) is 26.3. The van der Waals surface area contributed by atoms with E-state index in [0.29, 0.717) is 5.82 Å². The van der Waals surface area contributed by atoms with Crippen molar-refractivity contribution >= 4 is 33.9 Å². The number of carbonyl (C=O) groups is 1. The number of piperazine rings is 1. The molecule has 2 aromatic heterocycles. The number of nitrogens with zero attached hydrogens (tertiary/aromatic N) is 5. The van der Waals surface area contributed by atoms with Crippen LogP contribution in [0.4, 0.5) is 11.6 Å². The first-order valence-corrected chi connectivity index (χ1v) is 11.6. The minimum Gasteiger partial charge on any atom is -0.354 e. The molecule has 0 spiro atoms. The highest BCUT2D eigenvalue weighted by Crippen LogP contribution is 2.23. The molecule has 0 unspecified atom stereocenters. The van der Waals surface area contributed by atoms with Crippen LogP contribution in [0.1, 0.15) is 18.1 Å². The van der Waals surface area contributed by atoms with Crippen molar-refractivity contribution in [3.05, 3.63) is 66.1 Å². The van der Waals surface area contributed by atoms with Crippen molar-refractivity contribution in [3.8, 4) is 0 Å². The number of benzene rings is 1. The third-order valence-corrected chi connectivity index (χ3v) is 6.19. The molecule has 178 valence electrons. The molecule has 0 saturated carbocycles. The first-order valence-electron chi connectivity index (χ1n) is 11.6. The SMILES string of the molecule is CNN(C)/C=C(\C)c1ccc2cnc(NC(=O)Cc3ccnc(N4CCN(C)CC4)c3)cc2c1. The van der Waals surface area contributed by atoms with Gasteiger partial charge >= 0.3 is 0 Å². The first-order chi connectivity index (χ1) is 16.4. The summed E-state index contributed by atoms with van der Waals surface area (Å²) in [5.74, 6) is 1.39. The van der Waals surface area contributed by atoms with Crippen molar-refractivity contribution in [2.75, 3.05) is 57.5 Å². The number of pyridine rings is 2. The molecular formula is C26H33N7O. The van der Waals surface area contributed by atoms with Crippen molar-refractivity contribution in [1.29, 1.82) is 0 Å². The van der Waals surface area contributed by atoms with E-state index >= 15 is 0 Å². The molecule has 2 N–H and O–H groups in total. The fourth-order valence-electron chi connectivity index (χ4n) is 4.04. The van der Waals surface area contributed by atoms with Gasteiger partial charge in [-0.05, 0) is 60.3 Å². The summed E-state index contributed by atoms with van der Waals surface area (Å²) in [5, 5.41) is 6.92. The van der Waals surface area contributed by atoms with Gasteiger partial charge in [-0.2, -0.15) is 0 Å². The van der Waals surface area contributed by atoms with Gasteiger partial charge in [0.2, 0.25) is 5.91 Å². The second kappa shape index (κ2) is 10.6. The van der Waals surface area contributed by atoms with Gasteiger partial charge < -0.3 is 20.1 Å². The zero-order valence-corrected chi connectivity index (χ0v) is 20.4. The van der Waals surface area contributed by atoms with Crippen LogP contribution in [0, 0.1) is 0 Å². The summed E-state index contributed by atoms with van der Waals surface area (Å²) in [6, 6.07) is 12.1. The van der Waals surface area contributed by atoms with E-state index < -0.39 is 0 Å². The van der Waals surface area contributed by atoms with Gasteiger partial charge in [-0.25, -0.2) is 15.4 Å². The first kappa shape index (κ1) is 23.7. The molecule has 1 aliphatic heterocycles. The largest absolute Gasteiger partial charge is 0.354 e. The minimum atomic E-state index is -0.0924. The molecule has 4 rings (SSSR count). The van der Waals surface area contributed by atoms with Crippen molar-refractivity contribution in [2.45, 2.75) is 13.3 Å². The topological polar surface area (TPSA) is 76.6 Å². The number of nitrogens with one attached hydrogen (secondary N) is 2. The highest BCUT2D eigenvalue weighted by atomic mass is 16.1. The Hall–Kier alpha value is -3.49. The average molecular weight is 460 g/mol. The molecule has 1 aliphatic rings. The van der Waals surface area contributed by atoms with E-state index in [9.17, 15) is 4.79 Å². The van der Waals surface area contributed by atoms with Crippen LogP contribution in [-0.4, -0.2) is 73.1 Å². The number of anilines is 2. The Labute approximate surface area is 201 Å². The second-order valence-corrected chi connectivity index (χ2v) is 8.82. The van der Waals surface area contributed by atoms with Gasteiger partial charge in [0.25, 0.3) is 0 Å². The molecule has 3 heterocycles. The second-order valence-electron chi connectivity index (χ2n) is 8.82. The number of amides is 1. The number of hydrogen-bond donors (Lipinski definition) is 2. The van der Waals surface area contributed by atoms with Gasteiger partial charge in [-0.1, -0.05) is 12.1 Å². The molecule has 1 amide bonds. The maximum atomic E-state index is 12.8. The van der Waals surface area contributed by atoms with E-state index in [1.54, 1.807) is 12.4 Å². The Morgan fingerprint density at radius 1 is 1.09 bits per heavy atom. The van der Waals surface area contributed by atoms with E-state index in [0.717, 1.165) is 59.5 Å². The molecule has 34 heavy (non-hydrogen) atoms. The van der Waals surface area contributed by atoms with Gasteiger partial charge in [-0.3, -0.25) is 4.79 Å². The molecule has 8 heteroatoms. The highest BCUT2D eigenvalue weighted by molar-refractivity contribution is 5.94. The summed E-state index contributed by atoms with van der Waals surface area (Å²) < 4.78 is 0. The Balaban J connectivity index is 1.44. The van der Waals surface area contributed by atoms with Gasteiger partial charge in [-0.15, -0.1) is 0 Å². The number of aromatic nitrogens is 2. The van der Waals surface area contributed by atoms with Crippen LogP contribution in [0.5, 0.6) is 0 Å². The van der Waals surface area contributed by atoms with Crippen molar-refractivity contribution in [3.63, 3.8) is 0 Å². The molecule has 0 bridgehead atoms. The van der Waals surface area contributed by atoms with Crippen LogP contribution in [0.25, 0.3) is 16.3 Å². The Bertz CT molecular complexity index is 1180. The molecule has 1 fully saturated rings. The van der Waals surface area contributed by atoms with Gasteiger partial charge in [0.15, 0.2) is 0 Å². The summed E-state index contributed by atoms with van der Waals surface area (Å²) in [5.41, 5.74) is 6.26. The van der Waals surface area contributed by atoms with Crippen LogP contribution < -0.4 is 15.6 Å². The Morgan fingerprint density at radius 3 is 2.65 bits per heavy atom. The Kier molecular flexibility index (Phi) is 7.40. The van der Waals surface area contributed by atoms with E-state index in [4.69, 9.17) is 0 Å². The smallest absolute Gasteiger partial charge is 0.229 e. The highest BCUT2D eigenvalue weighted by Gasteiger charge is 2.16. The lowest BCUT2D eigenvalue weighted by Crippen LogP contribution is -2.44. The molecule has 8 nitrogen and oxygen atoms in total. The normalized spacial score (nSPS) is 14.9. The zero-order chi connectivity index (χ0) is 24.1. The molecule has 1 saturated heterocycles. The maximum Gasteiger partial charge on any atom is 0.229 e. The molecule has 3 aromatic rings. The molecule has 1 aromatic carbocycles. The van der Waals surface area contributed by atoms with E-state index in [2.05, 4.69) is 62.7 Å². The predicted octanol–water partition coefficient (Wildman–Crippen LogP) is 2.99. The number of allylic oxidation sites excluding steroid dienone is 1. The summed E-state index contributed by atoms with van der Waals surface area (Å²) in [6.07, 6.45) is 5.90. The average Bonchev–Trinajstić information content (AvgIpc) is 2.84. The predicted molar refractivity (Wildman–Crippen MR) is 138 cm³/mol. The van der Waals surface area contributed by atoms with Crippen molar-refractivity contribution < 1.29 is 4.79 Å². The van der Waals surface area contributed by atoms with E-state index in [1.165, 1.54) is 0 Å². The fraction of sp³-hybridized carbons (Fsp3) is 0.346. The van der Waals surface area contributed by atoms with Gasteiger partial charge in [0.05, 0.1) is 6.42 Å². The van der Waals surface area contributed by atoms with Gasteiger partial charge in [0.1, 0.15) is 11.6 Å². The number of fused-ring (bicyclic) bond motifs is 1. The lowest BCUT2D eigenvalue weighted by atomic mass is 10.0. The minimum absolute atomic E-state index is 0.0924. The van der Waals surface area contributed by atoms with Crippen molar-refractivity contribution in [1.82, 2.24) is 25.3 Å². The van der Waals surface area contributed by atoms with Gasteiger partial charge in [0, 0.05) is 64.3 Å². The molecular weight excluding hydrogens is 426 g/mol. The number of likely N-dealkylation sites (N-methyl/N-ethyl adjacent to an activating group) is 1. The monoisotopic (exact) mass is 459 g/mol. The van der Waals surface area contributed by atoms with E-state index in [1.807, 2.05) is 43.5 Å². The maximum absolute atomic E-state index is 12.8. The Morgan fingerprint density at radius 2 is 1.88 bits per heavy atom. The van der Waals surface area contributed by atoms with Crippen LogP contribution >= 0.6 is 0 Å². The summed E-state index contributed by atoms with van der Waals surface area (Å²) in [7, 11) is 5.97. The van der Waals surface area contributed by atoms with Crippen LogP contribution in [0.3, 0.4) is 0 Å². The number of hydrazine groups is 1. The lowest BCUT2D eigenvalue weighted by Gasteiger charge is -2.33. The van der Waals surface area contributed by atoms with Crippen LogP contribution in [0.2, 0.25) is 0 Å². The third-order valence-electron chi connectivity index (χ3n) is 6.19. The number of hydrogen-bond acceptors (Lipinski definition) is 7. The fourth-order valence-corrected chi connectivity index (χ4v) is 4.04. The standard InChI is InChI=1S/C26H33N7O/c1-19(18-32(4)27-2)21-5-6-22-17-29-24(16-23(22)15-21)30-26(34)14-20-7-8-28-25(13-20)33-11-9-31(3)10-12-33/h5-8,13,15-18,27H,9-12,14H2,1-4H3,(H,29,30,34)/b19-18+. The lowest BCUT2D eigenvalue weighted by molar-refractivity contribution is -0.115. The summed E-state index contributed by atoms with van der Waals surface area (Å²) >= 11 is 0.